The Bertz CT molecular complexity index is 617. The van der Waals surface area contributed by atoms with Gasteiger partial charge >= 0.3 is 5.97 Å². The van der Waals surface area contributed by atoms with E-state index in [1.165, 1.54) is 28.4 Å². The maximum absolute atomic E-state index is 12.0. The Hall–Kier alpha value is -2.15. The SMILES string of the molecule is Cc1ncsc1CN(C)C(=O)c1ccc(C(=O)O)o1. The topological polar surface area (TPSA) is 83.6 Å². The minimum Gasteiger partial charge on any atom is -0.475 e. The molecular formula is C12H12N2O4S. The van der Waals surface area contributed by atoms with Crippen molar-refractivity contribution in [3.05, 3.63) is 39.7 Å². The first-order valence-corrected chi connectivity index (χ1v) is 6.34. The van der Waals surface area contributed by atoms with E-state index in [1.807, 2.05) is 6.92 Å². The molecule has 0 aliphatic heterocycles. The number of carboxylic acids is 1. The molecule has 1 N–H and O–H groups in total. The van der Waals surface area contributed by atoms with E-state index in [0.29, 0.717) is 6.54 Å². The van der Waals surface area contributed by atoms with Crippen molar-refractivity contribution in [3.63, 3.8) is 0 Å². The van der Waals surface area contributed by atoms with Crippen LogP contribution in [0.2, 0.25) is 0 Å². The largest absolute Gasteiger partial charge is 0.475 e. The minimum atomic E-state index is -1.19. The fourth-order valence-corrected chi connectivity index (χ4v) is 2.35. The molecule has 7 heteroatoms. The van der Waals surface area contributed by atoms with Gasteiger partial charge in [0.1, 0.15) is 0 Å². The van der Waals surface area contributed by atoms with Gasteiger partial charge in [0, 0.05) is 11.9 Å². The summed E-state index contributed by atoms with van der Waals surface area (Å²) in [7, 11) is 1.63. The number of thiazole rings is 1. The standard InChI is InChI=1S/C12H12N2O4S/c1-7-10(19-6-13-7)5-14(2)11(15)8-3-4-9(18-8)12(16)17/h3-4,6H,5H2,1-2H3,(H,16,17). The Labute approximate surface area is 113 Å². The zero-order valence-corrected chi connectivity index (χ0v) is 11.2. The van der Waals surface area contributed by atoms with Crippen molar-refractivity contribution >= 4 is 23.2 Å². The number of furan rings is 1. The first-order chi connectivity index (χ1) is 8.99. The molecule has 1 amide bonds. The molecule has 0 spiro atoms. The van der Waals surface area contributed by atoms with Gasteiger partial charge < -0.3 is 14.4 Å². The highest BCUT2D eigenvalue weighted by Gasteiger charge is 2.19. The molecule has 0 radical (unpaired) electrons. The maximum atomic E-state index is 12.0. The van der Waals surface area contributed by atoms with Crippen molar-refractivity contribution in [1.29, 1.82) is 0 Å². The van der Waals surface area contributed by atoms with Crippen molar-refractivity contribution in [2.75, 3.05) is 7.05 Å². The summed E-state index contributed by atoms with van der Waals surface area (Å²) in [6, 6.07) is 2.63. The summed E-state index contributed by atoms with van der Waals surface area (Å²) in [6.45, 7) is 2.29. The number of carbonyl (C=O) groups excluding carboxylic acids is 1. The highest BCUT2D eigenvalue weighted by molar-refractivity contribution is 7.09. The van der Waals surface area contributed by atoms with Gasteiger partial charge in [-0.25, -0.2) is 9.78 Å². The fraction of sp³-hybridized carbons (Fsp3) is 0.250. The number of carbonyl (C=O) groups is 2. The number of aromatic carboxylic acids is 1. The summed E-state index contributed by atoms with van der Waals surface area (Å²) >= 11 is 1.47. The van der Waals surface area contributed by atoms with E-state index in [1.54, 1.807) is 12.6 Å². The molecule has 0 bridgehead atoms. The molecule has 2 aromatic rings. The quantitative estimate of drug-likeness (QED) is 0.926. The monoisotopic (exact) mass is 280 g/mol. The molecule has 0 unspecified atom stereocenters. The predicted octanol–water partition coefficient (Wildman–Crippen LogP) is 2.01. The summed E-state index contributed by atoms with van der Waals surface area (Å²) in [6.07, 6.45) is 0. The molecule has 0 fully saturated rings. The van der Waals surface area contributed by atoms with E-state index in [2.05, 4.69) is 4.98 Å². The number of amides is 1. The van der Waals surface area contributed by atoms with Crippen LogP contribution in [0.15, 0.2) is 22.1 Å². The zero-order valence-electron chi connectivity index (χ0n) is 10.4. The maximum Gasteiger partial charge on any atom is 0.371 e. The van der Waals surface area contributed by atoms with Gasteiger partial charge in [0.2, 0.25) is 5.76 Å². The molecule has 6 nitrogen and oxygen atoms in total. The number of nitrogens with zero attached hydrogens (tertiary/aromatic N) is 2. The number of hydrogen-bond donors (Lipinski definition) is 1. The zero-order chi connectivity index (χ0) is 14.0. The van der Waals surface area contributed by atoms with Crippen LogP contribution in [0, 0.1) is 6.92 Å². The van der Waals surface area contributed by atoms with Crippen molar-refractivity contribution in [2.24, 2.45) is 0 Å². The molecule has 2 rings (SSSR count). The second kappa shape index (κ2) is 5.23. The van der Waals surface area contributed by atoms with Crippen molar-refractivity contribution in [1.82, 2.24) is 9.88 Å². The summed E-state index contributed by atoms with van der Waals surface area (Å²) in [5.41, 5.74) is 2.61. The van der Waals surface area contributed by atoms with E-state index in [-0.39, 0.29) is 17.4 Å². The van der Waals surface area contributed by atoms with Crippen LogP contribution in [0.4, 0.5) is 0 Å². The van der Waals surface area contributed by atoms with Crippen molar-refractivity contribution in [3.8, 4) is 0 Å². The Balaban J connectivity index is 2.10. The molecule has 0 aromatic carbocycles. The fourth-order valence-electron chi connectivity index (χ4n) is 1.52. The summed E-state index contributed by atoms with van der Waals surface area (Å²) in [5.74, 6) is -1.78. The average molecular weight is 280 g/mol. The molecule has 0 aliphatic carbocycles. The van der Waals surface area contributed by atoms with Crippen LogP contribution in [0.25, 0.3) is 0 Å². The van der Waals surface area contributed by atoms with Crippen LogP contribution in [0.5, 0.6) is 0 Å². The number of carboxylic acid groups (broad SMARTS) is 1. The van der Waals surface area contributed by atoms with Gasteiger partial charge in [-0.3, -0.25) is 4.79 Å². The van der Waals surface area contributed by atoms with Crippen molar-refractivity contribution < 1.29 is 19.1 Å². The van der Waals surface area contributed by atoms with Gasteiger partial charge in [-0.15, -0.1) is 11.3 Å². The lowest BCUT2D eigenvalue weighted by Gasteiger charge is -2.14. The predicted molar refractivity (Wildman–Crippen MR) is 68.3 cm³/mol. The van der Waals surface area contributed by atoms with E-state index in [0.717, 1.165) is 10.6 Å². The summed E-state index contributed by atoms with van der Waals surface area (Å²) in [5, 5.41) is 8.74. The van der Waals surface area contributed by atoms with E-state index in [4.69, 9.17) is 9.52 Å². The van der Waals surface area contributed by atoms with E-state index >= 15 is 0 Å². The number of aromatic nitrogens is 1. The molecule has 19 heavy (non-hydrogen) atoms. The lowest BCUT2D eigenvalue weighted by Crippen LogP contribution is -2.25. The smallest absolute Gasteiger partial charge is 0.371 e. The molecule has 2 aromatic heterocycles. The highest BCUT2D eigenvalue weighted by atomic mass is 32.1. The van der Waals surface area contributed by atoms with Gasteiger partial charge in [0.15, 0.2) is 5.76 Å². The summed E-state index contributed by atoms with van der Waals surface area (Å²) < 4.78 is 4.97. The average Bonchev–Trinajstić information content (AvgIpc) is 2.98. The van der Waals surface area contributed by atoms with Crippen LogP contribution >= 0.6 is 11.3 Å². The first kappa shape index (κ1) is 13.3. The third kappa shape index (κ3) is 2.82. The molecule has 0 saturated carbocycles. The summed E-state index contributed by atoms with van der Waals surface area (Å²) in [4.78, 5) is 29.3. The third-order valence-corrected chi connectivity index (χ3v) is 3.52. The lowest BCUT2D eigenvalue weighted by atomic mass is 10.3. The molecular weight excluding hydrogens is 268 g/mol. The molecule has 0 atom stereocenters. The number of hydrogen-bond acceptors (Lipinski definition) is 5. The normalized spacial score (nSPS) is 10.4. The molecule has 2 heterocycles. The Kier molecular flexibility index (Phi) is 3.66. The highest BCUT2D eigenvalue weighted by Crippen LogP contribution is 2.16. The lowest BCUT2D eigenvalue weighted by molar-refractivity contribution is 0.0653. The van der Waals surface area contributed by atoms with Gasteiger partial charge in [0.05, 0.1) is 17.7 Å². The minimum absolute atomic E-state index is 0.0158. The molecule has 0 saturated heterocycles. The number of aryl methyl sites for hydroxylation is 1. The second-order valence-electron chi connectivity index (χ2n) is 3.99. The van der Waals surface area contributed by atoms with Gasteiger partial charge in [-0.1, -0.05) is 0 Å². The van der Waals surface area contributed by atoms with E-state index in [9.17, 15) is 9.59 Å². The van der Waals surface area contributed by atoms with Crippen LogP contribution in [-0.2, 0) is 6.54 Å². The second-order valence-corrected chi connectivity index (χ2v) is 4.93. The van der Waals surface area contributed by atoms with E-state index < -0.39 is 5.97 Å². The van der Waals surface area contributed by atoms with Gasteiger partial charge in [0.25, 0.3) is 5.91 Å². The first-order valence-electron chi connectivity index (χ1n) is 5.46. The third-order valence-electron chi connectivity index (χ3n) is 2.60. The van der Waals surface area contributed by atoms with Crippen molar-refractivity contribution in [2.45, 2.75) is 13.5 Å². The van der Waals surface area contributed by atoms with Crippen LogP contribution in [0.1, 0.15) is 31.7 Å². The Morgan fingerprint density at radius 2 is 2.11 bits per heavy atom. The Morgan fingerprint density at radius 3 is 2.63 bits per heavy atom. The molecule has 0 aliphatic rings. The van der Waals surface area contributed by atoms with Crippen LogP contribution in [0.3, 0.4) is 0 Å². The van der Waals surface area contributed by atoms with Crippen LogP contribution in [-0.4, -0.2) is 33.9 Å². The Morgan fingerprint density at radius 1 is 1.42 bits per heavy atom. The van der Waals surface area contributed by atoms with Gasteiger partial charge in [-0.2, -0.15) is 0 Å². The number of rotatable bonds is 4. The van der Waals surface area contributed by atoms with Crippen LogP contribution < -0.4 is 0 Å². The van der Waals surface area contributed by atoms with Gasteiger partial charge in [-0.05, 0) is 19.1 Å². The molecule has 100 valence electrons.